The molecule has 2 aromatic carbocycles. The van der Waals surface area contributed by atoms with Crippen LogP contribution in [0.1, 0.15) is 36.6 Å². The first-order valence-electron chi connectivity index (χ1n) is 9.76. The van der Waals surface area contributed by atoms with E-state index in [0.29, 0.717) is 10.8 Å². The topological polar surface area (TPSA) is 42.0 Å². The lowest BCUT2D eigenvalue weighted by atomic mass is 9.94. The number of rotatable bonds is 5. The molecule has 1 heterocycles. The normalized spacial score (nSPS) is 13.4. The van der Waals surface area contributed by atoms with E-state index in [1.165, 1.54) is 34.6 Å². The third-order valence-electron chi connectivity index (χ3n) is 5.14. The van der Waals surface area contributed by atoms with Gasteiger partial charge in [0.05, 0.1) is 11.3 Å². The predicted octanol–water partition coefficient (Wildman–Crippen LogP) is 6.06. The Labute approximate surface area is 174 Å². The van der Waals surface area contributed by atoms with E-state index in [9.17, 15) is 4.79 Å². The van der Waals surface area contributed by atoms with Gasteiger partial charge in [-0.2, -0.15) is 0 Å². The van der Waals surface area contributed by atoms with Crippen molar-refractivity contribution in [2.24, 2.45) is 0 Å². The zero-order valence-electron chi connectivity index (χ0n) is 15.9. The van der Waals surface area contributed by atoms with E-state index >= 15 is 0 Å². The molecule has 0 saturated heterocycles. The number of nitrogens with one attached hydrogen (secondary N) is 1. The molecule has 5 heteroatoms. The number of pyridine rings is 1. The van der Waals surface area contributed by atoms with Gasteiger partial charge in [0, 0.05) is 26.7 Å². The minimum absolute atomic E-state index is 0.0155. The second-order valence-electron chi connectivity index (χ2n) is 7.13. The molecule has 0 spiro atoms. The Kier molecular flexibility index (Phi) is 5.88. The molecule has 3 nitrogen and oxygen atoms in total. The number of carbonyl (C=O) groups is 1. The lowest BCUT2D eigenvalue weighted by Gasteiger charge is -2.20. The molecule has 1 aliphatic carbocycles. The second kappa shape index (κ2) is 8.54. The maximum Gasteiger partial charge on any atom is 0.234 e. The van der Waals surface area contributed by atoms with Crippen LogP contribution >= 0.6 is 23.4 Å². The van der Waals surface area contributed by atoms with Crippen LogP contribution in [0.3, 0.4) is 0 Å². The smallest absolute Gasteiger partial charge is 0.234 e. The van der Waals surface area contributed by atoms with Crippen molar-refractivity contribution in [2.45, 2.75) is 43.9 Å². The molecule has 3 aromatic rings. The molecule has 0 fully saturated rings. The fourth-order valence-electron chi connectivity index (χ4n) is 3.72. The van der Waals surface area contributed by atoms with Crippen LogP contribution in [0.2, 0.25) is 5.02 Å². The van der Waals surface area contributed by atoms with Gasteiger partial charge in [-0.1, -0.05) is 36.7 Å². The van der Waals surface area contributed by atoms with Gasteiger partial charge in [-0.15, -0.1) is 11.8 Å². The highest BCUT2D eigenvalue weighted by Crippen LogP contribution is 2.36. The number of benzene rings is 2. The Morgan fingerprint density at radius 1 is 1.18 bits per heavy atom. The lowest BCUT2D eigenvalue weighted by molar-refractivity contribution is -0.113. The van der Waals surface area contributed by atoms with Crippen LogP contribution in [0.25, 0.3) is 10.9 Å². The molecule has 144 valence electrons. The van der Waals surface area contributed by atoms with Crippen LogP contribution in [-0.4, -0.2) is 16.6 Å². The highest BCUT2D eigenvalue weighted by molar-refractivity contribution is 8.00. The summed E-state index contributed by atoms with van der Waals surface area (Å²) in [5.74, 6) is 0.395. The third-order valence-corrected chi connectivity index (χ3v) is 6.54. The van der Waals surface area contributed by atoms with E-state index in [-0.39, 0.29) is 5.91 Å². The molecular formula is C23H23ClN2OS. The molecule has 1 N–H and O–H groups in total. The Morgan fingerprint density at radius 3 is 2.89 bits per heavy atom. The van der Waals surface area contributed by atoms with Gasteiger partial charge >= 0.3 is 0 Å². The van der Waals surface area contributed by atoms with Gasteiger partial charge in [0.15, 0.2) is 0 Å². The standard InChI is InChI=1S/C23H23ClN2OS/c1-2-15-6-5-7-17(12-15)25-22(27)14-28-23-18-8-3-4-9-20(18)26-21-13-16(24)10-11-19(21)23/h5-7,10-13H,2-4,8-9,14H2,1H3,(H,25,27). The highest BCUT2D eigenvalue weighted by atomic mass is 35.5. The number of aromatic nitrogens is 1. The molecule has 0 bridgehead atoms. The van der Waals surface area contributed by atoms with Crippen LogP contribution in [0.5, 0.6) is 0 Å². The molecule has 4 rings (SSSR count). The van der Waals surface area contributed by atoms with Crippen LogP contribution in [0.15, 0.2) is 47.4 Å². The van der Waals surface area contributed by atoms with Crippen LogP contribution < -0.4 is 5.32 Å². The molecular weight excluding hydrogens is 388 g/mol. The van der Waals surface area contributed by atoms with Gasteiger partial charge < -0.3 is 5.32 Å². The maximum atomic E-state index is 12.6. The summed E-state index contributed by atoms with van der Waals surface area (Å²) in [6, 6.07) is 13.9. The van der Waals surface area contributed by atoms with Crippen molar-refractivity contribution in [3.8, 4) is 0 Å². The summed E-state index contributed by atoms with van der Waals surface area (Å²) in [5, 5.41) is 4.82. The number of halogens is 1. The molecule has 0 unspecified atom stereocenters. The van der Waals surface area contributed by atoms with E-state index in [0.717, 1.165) is 35.9 Å². The number of thioether (sulfide) groups is 1. The molecule has 0 aliphatic heterocycles. The average Bonchev–Trinajstić information content (AvgIpc) is 2.71. The zero-order chi connectivity index (χ0) is 19.5. The minimum Gasteiger partial charge on any atom is -0.325 e. The van der Waals surface area contributed by atoms with Crippen molar-refractivity contribution in [3.63, 3.8) is 0 Å². The van der Waals surface area contributed by atoms with Crippen molar-refractivity contribution in [1.29, 1.82) is 0 Å². The SMILES string of the molecule is CCc1cccc(NC(=O)CSc2c3c(nc4cc(Cl)ccc24)CCCC3)c1. The van der Waals surface area contributed by atoms with Gasteiger partial charge in [0.1, 0.15) is 0 Å². The van der Waals surface area contributed by atoms with E-state index in [2.05, 4.69) is 18.3 Å². The fraction of sp³-hybridized carbons (Fsp3) is 0.304. The minimum atomic E-state index is 0.0155. The summed E-state index contributed by atoms with van der Waals surface area (Å²) in [4.78, 5) is 18.6. The number of hydrogen-bond acceptors (Lipinski definition) is 3. The van der Waals surface area contributed by atoms with Crippen LogP contribution in [0, 0.1) is 0 Å². The summed E-state index contributed by atoms with van der Waals surface area (Å²) in [5.41, 5.74) is 5.48. The second-order valence-corrected chi connectivity index (χ2v) is 8.55. The Bertz CT molecular complexity index is 1030. The van der Waals surface area contributed by atoms with Gasteiger partial charge in [-0.05, 0) is 67.5 Å². The Balaban J connectivity index is 1.57. The molecule has 0 saturated carbocycles. The van der Waals surface area contributed by atoms with E-state index in [1.807, 2.05) is 36.4 Å². The van der Waals surface area contributed by atoms with Crippen LogP contribution in [-0.2, 0) is 24.1 Å². The summed E-state index contributed by atoms with van der Waals surface area (Å²) < 4.78 is 0. The summed E-state index contributed by atoms with van der Waals surface area (Å²) in [7, 11) is 0. The number of aryl methyl sites for hydroxylation is 2. The maximum absolute atomic E-state index is 12.6. The number of hydrogen-bond donors (Lipinski definition) is 1. The summed E-state index contributed by atoms with van der Waals surface area (Å²) >= 11 is 7.80. The monoisotopic (exact) mass is 410 g/mol. The van der Waals surface area contributed by atoms with Crippen molar-refractivity contribution >= 4 is 45.9 Å². The number of fused-ring (bicyclic) bond motifs is 2. The molecule has 28 heavy (non-hydrogen) atoms. The summed E-state index contributed by atoms with van der Waals surface area (Å²) in [6.45, 7) is 2.11. The number of amides is 1. The Morgan fingerprint density at radius 2 is 2.04 bits per heavy atom. The number of nitrogens with zero attached hydrogens (tertiary/aromatic N) is 1. The first-order valence-corrected chi connectivity index (χ1v) is 11.1. The predicted molar refractivity (Wildman–Crippen MR) is 119 cm³/mol. The first kappa shape index (κ1) is 19.3. The van der Waals surface area contributed by atoms with Crippen molar-refractivity contribution in [3.05, 3.63) is 64.3 Å². The van der Waals surface area contributed by atoms with Gasteiger partial charge in [-0.3, -0.25) is 9.78 Å². The number of anilines is 1. The average molecular weight is 411 g/mol. The van der Waals surface area contributed by atoms with E-state index < -0.39 is 0 Å². The molecule has 1 aliphatic rings. The number of carbonyl (C=O) groups excluding carboxylic acids is 1. The van der Waals surface area contributed by atoms with Crippen molar-refractivity contribution in [1.82, 2.24) is 4.98 Å². The summed E-state index contributed by atoms with van der Waals surface area (Å²) in [6.07, 6.45) is 5.34. The first-order chi connectivity index (χ1) is 13.6. The molecule has 0 atom stereocenters. The lowest BCUT2D eigenvalue weighted by Crippen LogP contribution is -2.15. The fourth-order valence-corrected chi connectivity index (χ4v) is 4.96. The van der Waals surface area contributed by atoms with Gasteiger partial charge in [-0.25, -0.2) is 0 Å². The highest BCUT2D eigenvalue weighted by Gasteiger charge is 2.19. The van der Waals surface area contributed by atoms with Gasteiger partial charge in [0.25, 0.3) is 0 Å². The van der Waals surface area contributed by atoms with Crippen molar-refractivity contribution in [2.75, 3.05) is 11.1 Å². The molecule has 1 aromatic heterocycles. The zero-order valence-corrected chi connectivity index (χ0v) is 17.5. The largest absolute Gasteiger partial charge is 0.325 e. The third kappa shape index (κ3) is 4.18. The molecule has 0 radical (unpaired) electrons. The van der Waals surface area contributed by atoms with E-state index in [1.54, 1.807) is 11.8 Å². The van der Waals surface area contributed by atoms with E-state index in [4.69, 9.17) is 16.6 Å². The van der Waals surface area contributed by atoms with Crippen molar-refractivity contribution < 1.29 is 4.79 Å². The quantitative estimate of drug-likeness (QED) is 0.520. The van der Waals surface area contributed by atoms with Gasteiger partial charge in [0.2, 0.25) is 5.91 Å². The molecule has 1 amide bonds. The Hall–Kier alpha value is -2.04. The van der Waals surface area contributed by atoms with Crippen LogP contribution in [0.4, 0.5) is 5.69 Å².